The topological polar surface area (TPSA) is 89.4 Å². The van der Waals surface area contributed by atoms with Gasteiger partial charge in [0.25, 0.3) is 0 Å². The average molecular weight is 632 g/mol. The third kappa shape index (κ3) is 7.77. The molecule has 2 aliphatic rings. The minimum absolute atomic E-state index is 0.0141. The maximum atomic E-state index is 13.2. The van der Waals surface area contributed by atoms with Gasteiger partial charge in [-0.15, -0.1) is 5.10 Å². The number of ether oxygens (including phenoxy) is 1. The number of halogens is 1. The monoisotopic (exact) mass is 631 g/mol. The first-order valence-electron chi connectivity index (χ1n) is 15.3. The minimum atomic E-state index is -0.399. The molecule has 0 saturated carbocycles. The van der Waals surface area contributed by atoms with Crippen LogP contribution in [-0.2, 0) is 17.9 Å². The van der Waals surface area contributed by atoms with Crippen LogP contribution in [0.4, 0.5) is 5.69 Å². The molecule has 232 valence electrons. The van der Waals surface area contributed by atoms with E-state index in [9.17, 15) is 9.59 Å². The summed E-state index contributed by atoms with van der Waals surface area (Å²) in [7, 11) is 0. The molecule has 0 bridgehead atoms. The van der Waals surface area contributed by atoms with Gasteiger partial charge in [-0.05, 0) is 60.0 Å². The summed E-state index contributed by atoms with van der Waals surface area (Å²) in [6.45, 7) is 1.48. The summed E-state index contributed by atoms with van der Waals surface area (Å²) in [5.74, 6) is 0.575. The van der Waals surface area contributed by atoms with E-state index in [-0.39, 0.29) is 17.7 Å². The van der Waals surface area contributed by atoms with Crippen LogP contribution in [0.25, 0.3) is 6.08 Å². The Balaban J connectivity index is 0.993. The molecule has 0 radical (unpaired) electrons. The Kier molecular flexibility index (Phi) is 9.97. The van der Waals surface area contributed by atoms with Crippen molar-refractivity contribution in [2.75, 3.05) is 11.5 Å². The molecule has 3 aromatic carbocycles. The standard InChI is InChI=1S/C37H34ClN5O3/c38-30-16-18-32(19-17-30)43-34(20-14-27-8-2-1-3-9-27)36(37(43)45)39-25-31-26-42(41-40-31)22-7-23-46-33-13-6-12-29(24-33)35(44)21-15-28-10-4-5-11-28/h1-4,6,8-21,24,26,34,36,39H,5,7,22-23,25H2/b20-14+,21-15+/t34-,36+/m1/s1. The fourth-order valence-electron chi connectivity index (χ4n) is 5.36. The van der Waals surface area contributed by atoms with Gasteiger partial charge in [0.05, 0.1) is 18.3 Å². The fraction of sp³-hybridized carbons (Fsp3) is 0.189. The maximum absolute atomic E-state index is 13.2. The van der Waals surface area contributed by atoms with Gasteiger partial charge in [-0.25, -0.2) is 0 Å². The number of benzene rings is 3. The van der Waals surface area contributed by atoms with Crippen LogP contribution in [0.5, 0.6) is 5.75 Å². The van der Waals surface area contributed by atoms with E-state index in [0.29, 0.717) is 42.5 Å². The Morgan fingerprint density at radius 2 is 1.89 bits per heavy atom. The number of rotatable bonds is 14. The molecule has 0 spiro atoms. The number of aromatic nitrogens is 3. The molecule has 6 rings (SSSR count). The van der Waals surface area contributed by atoms with Crippen LogP contribution >= 0.6 is 11.6 Å². The molecular weight excluding hydrogens is 598 g/mol. The molecule has 9 heteroatoms. The lowest BCUT2D eigenvalue weighted by Gasteiger charge is -2.46. The smallest absolute Gasteiger partial charge is 0.247 e. The summed E-state index contributed by atoms with van der Waals surface area (Å²) in [5.41, 5.74) is 4.24. The van der Waals surface area contributed by atoms with Crippen molar-refractivity contribution in [1.82, 2.24) is 20.3 Å². The Morgan fingerprint density at radius 3 is 2.70 bits per heavy atom. The zero-order chi connectivity index (χ0) is 31.7. The molecule has 1 aromatic heterocycles. The summed E-state index contributed by atoms with van der Waals surface area (Å²) in [6, 6.07) is 24.0. The van der Waals surface area contributed by atoms with Gasteiger partial charge in [0, 0.05) is 42.0 Å². The number of nitrogens with zero attached hydrogens (tertiary/aromatic N) is 4. The van der Waals surface area contributed by atoms with Crippen LogP contribution in [0.1, 0.15) is 34.5 Å². The fourth-order valence-corrected chi connectivity index (χ4v) is 5.48. The summed E-state index contributed by atoms with van der Waals surface area (Å²) in [4.78, 5) is 27.6. The molecule has 0 unspecified atom stereocenters. The summed E-state index contributed by atoms with van der Waals surface area (Å²) in [5, 5.41) is 12.5. The lowest BCUT2D eigenvalue weighted by molar-refractivity contribution is -0.126. The summed E-state index contributed by atoms with van der Waals surface area (Å²) < 4.78 is 7.68. The van der Waals surface area contributed by atoms with Crippen molar-refractivity contribution in [3.63, 3.8) is 0 Å². The van der Waals surface area contributed by atoms with Gasteiger partial charge in [0.1, 0.15) is 11.8 Å². The van der Waals surface area contributed by atoms with Crippen molar-refractivity contribution in [3.8, 4) is 5.75 Å². The van der Waals surface area contributed by atoms with Gasteiger partial charge >= 0.3 is 0 Å². The molecule has 1 fully saturated rings. The Labute approximate surface area is 273 Å². The van der Waals surface area contributed by atoms with E-state index in [4.69, 9.17) is 16.3 Å². The second-order valence-corrected chi connectivity index (χ2v) is 11.5. The molecule has 1 amide bonds. The Morgan fingerprint density at radius 1 is 1.04 bits per heavy atom. The van der Waals surface area contributed by atoms with Crippen molar-refractivity contribution in [2.45, 2.75) is 38.0 Å². The highest BCUT2D eigenvalue weighted by Crippen LogP contribution is 2.31. The lowest BCUT2D eigenvalue weighted by atomic mass is 9.92. The summed E-state index contributed by atoms with van der Waals surface area (Å²) in [6.07, 6.45) is 17.1. The van der Waals surface area contributed by atoms with Gasteiger partial charge in [0.2, 0.25) is 5.91 Å². The highest BCUT2D eigenvalue weighted by molar-refractivity contribution is 6.30. The number of anilines is 1. The molecule has 4 aromatic rings. The maximum Gasteiger partial charge on any atom is 0.247 e. The molecular formula is C37H34ClN5O3. The van der Waals surface area contributed by atoms with Crippen LogP contribution in [0, 0.1) is 0 Å². The van der Waals surface area contributed by atoms with Crippen LogP contribution in [-0.4, -0.2) is 45.4 Å². The average Bonchev–Trinajstić information content (AvgIpc) is 3.78. The Hall–Kier alpha value is -5.05. The number of aryl methyl sites for hydroxylation is 1. The van der Waals surface area contributed by atoms with Gasteiger partial charge in [-0.1, -0.05) is 95.7 Å². The van der Waals surface area contributed by atoms with Crippen molar-refractivity contribution in [1.29, 1.82) is 0 Å². The van der Waals surface area contributed by atoms with Crippen molar-refractivity contribution >= 4 is 35.1 Å². The third-order valence-corrected chi connectivity index (χ3v) is 8.02. The molecule has 2 heterocycles. The number of hydrogen-bond donors (Lipinski definition) is 1. The van der Waals surface area contributed by atoms with E-state index >= 15 is 0 Å². The van der Waals surface area contributed by atoms with Crippen LogP contribution < -0.4 is 15.0 Å². The minimum Gasteiger partial charge on any atom is -0.494 e. The molecule has 8 nitrogen and oxygen atoms in total. The highest BCUT2D eigenvalue weighted by atomic mass is 35.5. The number of carbonyl (C=O) groups is 2. The third-order valence-electron chi connectivity index (χ3n) is 7.77. The number of allylic oxidation sites excluding steroid dienone is 6. The van der Waals surface area contributed by atoms with Crippen molar-refractivity contribution < 1.29 is 14.3 Å². The zero-order valence-electron chi connectivity index (χ0n) is 25.2. The molecule has 1 saturated heterocycles. The lowest BCUT2D eigenvalue weighted by Crippen LogP contribution is -2.69. The number of carbonyl (C=O) groups excluding carboxylic acids is 2. The van der Waals surface area contributed by atoms with Crippen LogP contribution in [0.2, 0.25) is 5.02 Å². The first-order valence-corrected chi connectivity index (χ1v) is 15.7. The number of amides is 1. The number of hydrogen-bond acceptors (Lipinski definition) is 6. The predicted octanol–water partition coefficient (Wildman–Crippen LogP) is 6.61. The zero-order valence-corrected chi connectivity index (χ0v) is 26.0. The van der Waals surface area contributed by atoms with Gasteiger partial charge < -0.3 is 9.64 Å². The molecule has 2 atom stereocenters. The molecule has 1 aliphatic carbocycles. The van der Waals surface area contributed by atoms with Gasteiger partial charge in [0.15, 0.2) is 5.78 Å². The summed E-state index contributed by atoms with van der Waals surface area (Å²) >= 11 is 6.08. The second-order valence-electron chi connectivity index (χ2n) is 11.0. The van der Waals surface area contributed by atoms with Crippen LogP contribution in [0.15, 0.2) is 127 Å². The second kappa shape index (κ2) is 14.8. The highest BCUT2D eigenvalue weighted by Gasteiger charge is 2.46. The van der Waals surface area contributed by atoms with E-state index in [2.05, 4.69) is 27.8 Å². The van der Waals surface area contributed by atoms with Crippen molar-refractivity contribution in [3.05, 3.63) is 149 Å². The largest absolute Gasteiger partial charge is 0.494 e. The van der Waals surface area contributed by atoms with E-state index in [1.165, 1.54) is 0 Å². The Bertz CT molecular complexity index is 1790. The number of nitrogens with one attached hydrogen (secondary N) is 1. The van der Waals surface area contributed by atoms with Crippen LogP contribution in [0.3, 0.4) is 0 Å². The van der Waals surface area contributed by atoms with Gasteiger partial charge in [-0.2, -0.15) is 0 Å². The van der Waals surface area contributed by atoms with E-state index in [1.54, 1.807) is 39.9 Å². The first-order chi connectivity index (χ1) is 22.5. The molecule has 46 heavy (non-hydrogen) atoms. The predicted molar refractivity (Wildman–Crippen MR) is 181 cm³/mol. The SMILES string of the molecule is O=C(/C=C/C1=CCC=C1)c1cccc(OCCCn2cc(CN[C@@H]3C(=O)N(c4ccc(Cl)cc4)[C@@H]3/C=C/c3ccccc3)nn2)c1. The van der Waals surface area contributed by atoms with Gasteiger partial charge in [-0.3, -0.25) is 19.6 Å². The normalized spacial score (nSPS) is 17.5. The van der Waals surface area contributed by atoms with E-state index in [0.717, 1.165) is 28.9 Å². The molecule has 1 aliphatic heterocycles. The number of β-lactam (4-membered cyclic amide) rings is 1. The van der Waals surface area contributed by atoms with E-state index in [1.807, 2.05) is 85.1 Å². The quantitative estimate of drug-likeness (QED) is 0.0729. The van der Waals surface area contributed by atoms with Crippen molar-refractivity contribution in [2.24, 2.45) is 0 Å². The first kappa shape index (κ1) is 31.0. The number of ketones is 1. The molecule has 1 N–H and O–H groups in total. The van der Waals surface area contributed by atoms with E-state index < -0.39 is 6.04 Å².